The number of ether oxygens (including phenoxy) is 1. The summed E-state index contributed by atoms with van der Waals surface area (Å²) in [6.45, 7) is 3.78. The average molecular weight is 385 g/mol. The van der Waals surface area contributed by atoms with Crippen molar-refractivity contribution in [3.63, 3.8) is 0 Å². The zero-order chi connectivity index (χ0) is 17.6. The van der Waals surface area contributed by atoms with Crippen LogP contribution >= 0.6 is 22.9 Å². The molecule has 1 fully saturated rings. The number of nitrogens with one attached hydrogen (secondary N) is 1. The molecular weight excluding hydrogens is 364 g/mol. The number of carboxylic acid groups (broad SMARTS) is 1. The Morgan fingerprint density at radius 1 is 1.32 bits per heavy atom. The molecule has 0 amide bonds. The summed E-state index contributed by atoms with van der Waals surface area (Å²) >= 11 is 7.72. The number of thiophene rings is 1. The fourth-order valence-electron chi connectivity index (χ4n) is 2.75. The Hall–Kier alpha value is -1.64. The summed E-state index contributed by atoms with van der Waals surface area (Å²) in [7, 11) is 0. The van der Waals surface area contributed by atoms with Crippen molar-refractivity contribution >= 4 is 49.9 Å². The van der Waals surface area contributed by atoms with Crippen molar-refractivity contribution in [2.24, 2.45) is 0 Å². The third kappa shape index (κ3) is 4.93. The summed E-state index contributed by atoms with van der Waals surface area (Å²) in [6.07, 6.45) is 2.78. The second-order valence-corrected chi connectivity index (χ2v) is 7.26. The van der Waals surface area contributed by atoms with Crippen LogP contribution < -0.4 is 10.2 Å². The minimum atomic E-state index is -0.733. The van der Waals surface area contributed by atoms with E-state index in [0.717, 1.165) is 53.5 Å². The van der Waals surface area contributed by atoms with Gasteiger partial charge < -0.3 is 20.1 Å². The Morgan fingerprint density at radius 3 is 2.88 bits per heavy atom. The summed E-state index contributed by atoms with van der Waals surface area (Å²) < 4.78 is 6.43. The van der Waals surface area contributed by atoms with E-state index in [9.17, 15) is 4.79 Å². The quantitative estimate of drug-likeness (QED) is 0.533. The number of halogens is 1. The van der Waals surface area contributed by atoms with Crippen LogP contribution in [-0.2, 0) is 9.53 Å². The van der Waals surface area contributed by atoms with Crippen LogP contribution in [0.15, 0.2) is 6.07 Å². The molecule has 0 bridgehead atoms. The van der Waals surface area contributed by atoms with Crippen molar-refractivity contribution in [1.82, 2.24) is 9.97 Å². The fourth-order valence-corrected chi connectivity index (χ4v) is 3.96. The Kier molecular flexibility index (Phi) is 6.28. The molecule has 0 atom stereocenters. The number of morpholine rings is 1. The Balaban J connectivity index is 1.64. The molecule has 0 saturated carbocycles. The highest BCUT2D eigenvalue weighted by atomic mass is 35.5. The highest BCUT2D eigenvalue weighted by Gasteiger charge is 2.19. The van der Waals surface area contributed by atoms with Crippen molar-refractivity contribution in [3.8, 4) is 0 Å². The maximum atomic E-state index is 10.5. The molecule has 136 valence electrons. The van der Waals surface area contributed by atoms with E-state index in [0.29, 0.717) is 19.6 Å². The number of carboxylic acids is 1. The highest BCUT2D eigenvalue weighted by molar-refractivity contribution is 7.23. The molecule has 3 heterocycles. The number of carbonyl (C=O) groups is 1. The van der Waals surface area contributed by atoms with Crippen LogP contribution in [0.3, 0.4) is 0 Å². The van der Waals surface area contributed by atoms with Crippen molar-refractivity contribution in [1.29, 1.82) is 0 Å². The molecule has 2 N–H and O–H groups in total. The number of anilines is 2. The molecule has 0 unspecified atom stereocenters. The molecule has 1 aliphatic heterocycles. The zero-order valence-corrected chi connectivity index (χ0v) is 15.4. The second-order valence-electron chi connectivity index (χ2n) is 5.87. The first-order valence-electron chi connectivity index (χ1n) is 8.39. The van der Waals surface area contributed by atoms with Gasteiger partial charge in [-0.1, -0.05) is 6.42 Å². The summed E-state index contributed by atoms with van der Waals surface area (Å²) in [5, 5.41) is 13.3. The molecule has 25 heavy (non-hydrogen) atoms. The first-order valence-corrected chi connectivity index (χ1v) is 9.58. The minimum Gasteiger partial charge on any atom is -0.481 e. The number of fused-ring (bicyclic) bond motifs is 1. The van der Waals surface area contributed by atoms with E-state index in [1.165, 1.54) is 0 Å². The Bertz CT molecular complexity index is 733. The second kappa shape index (κ2) is 8.64. The van der Waals surface area contributed by atoms with Gasteiger partial charge in [0.2, 0.25) is 5.28 Å². The fraction of sp³-hybridized carbons (Fsp3) is 0.562. The molecule has 1 aliphatic rings. The third-order valence-electron chi connectivity index (χ3n) is 4.00. The maximum Gasteiger partial charge on any atom is 0.303 e. The van der Waals surface area contributed by atoms with Crippen molar-refractivity contribution < 1.29 is 14.6 Å². The molecule has 0 radical (unpaired) electrons. The topological polar surface area (TPSA) is 87.6 Å². The van der Waals surface area contributed by atoms with Gasteiger partial charge >= 0.3 is 5.97 Å². The van der Waals surface area contributed by atoms with Crippen LogP contribution in [0.5, 0.6) is 0 Å². The van der Waals surface area contributed by atoms with Gasteiger partial charge in [0.25, 0.3) is 0 Å². The Labute approximate surface area is 155 Å². The van der Waals surface area contributed by atoms with Crippen molar-refractivity contribution in [2.75, 3.05) is 43.1 Å². The predicted octanol–water partition coefficient (Wildman–Crippen LogP) is 3.24. The lowest BCUT2D eigenvalue weighted by molar-refractivity contribution is -0.137. The Morgan fingerprint density at radius 2 is 2.12 bits per heavy atom. The van der Waals surface area contributed by atoms with Gasteiger partial charge in [-0.15, -0.1) is 11.3 Å². The smallest absolute Gasteiger partial charge is 0.303 e. The molecule has 0 aromatic carbocycles. The molecule has 2 aromatic heterocycles. The lowest BCUT2D eigenvalue weighted by Gasteiger charge is -2.28. The largest absolute Gasteiger partial charge is 0.481 e. The lowest BCUT2D eigenvalue weighted by Crippen LogP contribution is -2.36. The zero-order valence-electron chi connectivity index (χ0n) is 13.8. The van der Waals surface area contributed by atoms with E-state index in [2.05, 4.69) is 20.2 Å². The number of unbranched alkanes of at least 4 members (excludes halogenated alkanes) is 2. The molecular formula is C16H21ClN4O3S. The molecule has 0 spiro atoms. The van der Waals surface area contributed by atoms with Gasteiger partial charge in [-0.3, -0.25) is 4.79 Å². The van der Waals surface area contributed by atoms with Crippen LogP contribution in [0.1, 0.15) is 25.7 Å². The van der Waals surface area contributed by atoms with Gasteiger partial charge in [0.1, 0.15) is 0 Å². The monoisotopic (exact) mass is 384 g/mol. The van der Waals surface area contributed by atoms with Gasteiger partial charge in [-0.25, -0.2) is 4.98 Å². The molecule has 1 saturated heterocycles. The van der Waals surface area contributed by atoms with E-state index in [1.807, 2.05) is 6.07 Å². The summed E-state index contributed by atoms with van der Waals surface area (Å²) in [6, 6.07) is 1.99. The standard InChI is InChI=1S/C16H21ClN4O3S/c17-16-19-11-10-12(18-5-3-1-2-4-13(22)23)25-14(11)15(20-16)21-6-8-24-9-7-21/h10,18H,1-9H2,(H,22,23). The van der Waals surface area contributed by atoms with E-state index in [4.69, 9.17) is 21.4 Å². The lowest BCUT2D eigenvalue weighted by atomic mass is 10.2. The van der Waals surface area contributed by atoms with E-state index in [1.54, 1.807) is 11.3 Å². The van der Waals surface area contributed by atoms with Gasteiger partial charge in [-0.2, -0.15) is 4.98 Å². The molecule has 9 heteroatoms. The van der Waals surface area contributed by atoms with Crippen molar-refractivity contribution in [2.45, 2.75) is 25.7 Å². The van der Waals surface area contributed by atoms with Crippen LogP contribution in [0.4, 0.5) is 10.8 Å². The summed E-state index contributed by atoms with van der Waals surface area (Å²) in [5.41, 5.74) is 0.847. The predicted molar refractivity (Wildman–Crippen MR) is 100 cm³/mol. The van der Waals surface area contributed by atoms with Gasteiger partial charge in [0.05, 0.1) is 28.4 Å². The van der Waals surface area contributed by atoms with Crippen LogP contribution in [0.25, 0.3) is 10.2 Å². The van der Waals surface area contributed by atoms with Gasteiger partial charge in [0, 0.05) is 26.1 Å². The minimum absolute atomic E-state index is 0.236. The normalized spacial score (nSPS) is 14.8. The number of rotatable bonds is 8. The van der Waals surface area contributed by atoms with E-state index < -0.39 is 5.97 Å². The average Bonchev–Trinajstić information content (AvgIpc) is 3.00. The number of aliphatic carboxylic acids is 1. The van der Waals surface area contributed by atoms with Crippen LogP contribution in [-0.4, -0.2) is 53.9 Å². The van der Waals surface area contributed by atoms with E-state index >= 15 is 0 Å². The first kappa shape index (κ1) is 18.2. The molecule has 7 nitrogen and oxygen atoms in total. The number of nitrogens with zero attached hydrogens (tertiary/aromatic N) is 3. The number of aromatic nitrogens is 2. The SMILES string of the molecule is O=C(O)CCCCCNc1cc2nc(Cl)nc(N3CCOCC3)c2s1. The van der Waals surface area contributed by atoms with Crippen LogP contribution in [0, 0.1) is 0 Å². The van der Waals surface area contributed by atoms with E-state index in [-0.39, 0.29) is 11.7 Å². The van der Waals surface area contributed by atoms with Crippen molar-refractivity contribution in [3.05, 3.63) is 11.3 Å². The molecule has 2 aromatic rings. The van der Waals surface area contributed by atoms with Gasteiger partial charge in [-0.05, 0) is 30.5 Å². The highest BCUT2D eigenvalue weighted by Crippen LogP contribution is 2.35. The molecule has 3 rings (SSSR count). The first-order chi connectivity index (χ1) is 12.1. The van der Waals surface area contributed by atoms with Crippen LogP contribution in [0.2, 0.25) is 5.28 Å². The third-order valence-corrected chi connectivity index (χ3v) is 5.25. The summed E-state index contributed by atoms with van der Waals surface area (Å²) in [5.74, 6) is 0.140. The maximum absolute atomic E-state index is 10.5. The number of hydrogen-bond donors (Lipinski definition) is 2. The number of hydrogen-bond acceptors (Lipinski definition) is 7. The van der Waals surface area contributed by atoms with Gasteiger partial charge in [0.15, 0.2) is 5.82 Å². The summed E-state index contributed by atoms with van der Waals surface area (Å²) in [4.78, 5) is 21.4. The molecule has 0 aliphatic carbocycles.